The van der Waals surface area contributed by atoms with Gasteiger partial charge in [-0.2, -0.15) is 9.78 Å². The fourth-order valence-electron chi connectivity index (χ4n) is 2.73. The molecule has 23 heavy (non-hydrogen) atoms. The van der Waals surface area contributed by atoms with Crippen LogP contribution in [0, 0.1) is 10.7 Å². The van der Waals surface area contributed by atoms with Gasteiger partial charge in [-0.15, -0.1) is 0 Å². The van der Waals surface area contributed by atoms with E-state index in [2.05, 4.69) is 17.0 Å². The lowest BCUT2D eigenvalue weighted by Crippen LogP contribution is -2.18. The first-order valence-electron chi connectivity index (χ1n) is 7.51. The smallest absolute Gasteiger partial charge is 0.282 e. The van der Waals surface area contributed by atoms with Gasteiger partial charge in [-0.1, -0.05) is 19.1 Å². The molecule has 6 heteroatoms. The summed E-state index contributed by atoms with van der Waals surface area (Å²) in [6.07, 6.45) is 2.69. The maximum atomic E-state index is 12.5. The van der Waals surface area contributed by atoms with Gasteiger partial charge >= 0.3 is 0 Å². The van der Waals surface area contributed by atoms with Gasteiger partial charge in [-0.3, -0.25) is 4.79 Å². The van der Waals surface area contributed by atoms with Crippen LogP contribution in [0.5, 0.6) is 0 Å². The van der Waals surface area contributed by atoms with Crippen LogP contribution >= 0.6 is 12.2 Å². The number of nitrogens with one attached hydrogen (secondary N) is 1. The predicted octanol–water partition coefficient (Wildman–Crippen LogP) is 3.66. The highest BCUT2D eigenvalue weighted by Gasteiger charge is 2.36. The number of furan rings is 1. The highest BCUT2D eigenvalue weighted by Crippen LogP contribution is 2.47. The van der Waals surface area contributed by atoms with E-state index in [-0.39, 0.29) is 10.3 Å². The second-order valence-electron chi connectivity index (χ2n) is 5.90. The highest BCUT2D eigenvalue weighted by molar-refractivity contribution is 7.71. The molecule has 0 spiro atoms. The Morgan fingerprint density at radius 3 is 2.91 bits per heavy atom. The van der Waals surface area contributed by atoms with Gasteiger partial charge in [0.2, 0.25) is 4.77 Å². The van der Waals surface area contributed by atoms with Gasteiger partial charge in [-0.05, 0) is 48.8 Å². The van der Waals surface area contributed by atoms with Crippen LogP contribution in [-0.4, -0.2) is 15.9 Å². The van der Waals surface area contributed by atoms with Crippen molar-refractivity contribution in [2.24, 2.45) is 11.0 Å². The Labute approximate surface area is 137 Å². The lowest BCUT2D eigenvalue weighted by atomic mass is 10.2. The number of benzene rings is 1. The second kappa shape index (κ2) is 5.31. The van der Waals surface area contributed by atoms with Crippen LogP contribution < -0.4 is 5.56 Å². The lowest BCUT2D eigenvalue weighted by Gasteiger charge is -2.01. The maximum absolute atomic E-state index is 12.5. The van der Waals surface area contributed by atoms with Gasteiger partial charge in [-0.25, -0.2) is 0 Å². The van der Waals surface area contributed by atoms with Crippen molar-refractivity contribution < 1.29 is 4.42 Å². The van der Waals surface area contributed by atoms with Crippen LogP contribution in [0.25, 0.3) is 10.9 Å². The molecule has 0 aliphatic heterocycles. The SMILES string of the molecule is C[C@H]1C[C@@H]1c1ccc(/C=N\n2c(=S)[nH]c3ccccc3c2=O)o1. The summed E-state index contributed by atoms with van der Waals surface area (Å²) in [7, 11) is 0. The Bertz CT molecular complexity index is 1030. The average Bonchev–Trinajstić information content (AvgIpc) is 3.08. The first-order chi connectivity index (χ1) is 11.1. The number of H-pyrrole nitrogens is 1. The predicted molar refractivity (Wildman–Crippen MR) is 91.6 cm³/mol. The third-order valence-electron chi connectivity index (χ3n) is 4.21. The molecule has 0 amide bonds. The lowest BCUT2D eigenvalue weighted by molar-refractivity contribution is 0.500. The van der Waals surface area contributed by atoms with Crippen LogP contribution in [0.3, 0.4) is 0 Å². The van der Waals surface area contributed by atoms with E-state index in [4.69, 9.17) is 16.6 Å². The van der Waals surface area contributed by atoms with E-state index < -0.39 is 0 Å². The van der Waals surface area contributed by atoms with E-state index in [1.54, 1.807) is 6.07 Å². The van der Waals surface area contributed by atoms with Crippen molar-refractivity contribution in [3.63, 3.8) is 0 Å². The van der Waals surface area contributed by atoms with E-state index in [0.29, 0.717) is 28.5 Å². The van der Waals surface area contributed by atoms with Crippen molar-refractivity contribution in [1.29, 1.82) is 0 Å². The summed E-state index contributed by atoms with van der Waals surface area (Å²) in [4.78, 5) is 15.5. The summed E-state index contributed by atoms with van der Waals surface area (Å²) < 4.78 is 7.20. The monoisotopic (exact) mass is 325 g/mol. The molecule has 2 atom stereocenters. The Morgan fingerprint density at radius 1 is 1.35 bits per heavy atom. The molecule has 0 radical (unpaired) electrons. The first kappa shape index (κ1) is 14.1. The largest absolute Gasteiger partial charge is 0.460 e. The minimum Gasteiger partial charge on any atom is -0.460 e. The summed E-state index contributed by atoms with van der Waals surface area (Å²) in [6.45, 7) is 2.20. The molecular weight excluding hydrogens is 310 g/mol. The molecule has 5 nitrogen and oxygen atoms in total. The van der Waals surface area contributed by atoms with Crippen LogP contribution in [0.15, 0.2) is 50.7 Å². The van der Waals surface area contributed by atoms with Crippen LogP contribution in [0.1, 0.15) is 30.8 Å². The average molecular weight is 325 g/mol. The summed E-state index contributed by atoms with van der Waals surface area (Å²) in [6, 6.07) is 11.1. The standard InChI is InChI=1S/C17H15N3O2S/c1-10-8-13(10)15-7-6-11(22-15)9-18-20-16(21)12-4-2-3-5-14(12)19-17(20)23/h2-7,9-10,13H,8H2,1H3,(H,19,23)/b18-9-/t10-,13-/m0/s1. The van der Waals surface area contributed by atoms with Gasteiger partial charge in [0.25, 0.3) is 5.56 Å². The van der Waals surface area contributed by atoms with E-state index in [1.165, 1.54) is 17.3 Å². The van der Waals surface area contributed by atoms with Crippen molar-refractivity contribution in [3.05, 3.63) is 63.0 Å². The van der Waals surface area contributed by atoms with Crippen molar-refractivity contribution in [3.8, 4) is 0 Å². The molecular formula is C17H15N3O2S. The Morgan fingerprint density at radius 2 is 2.13 bits per heavy atom. The summed E-state index contributed by atoms with van der Waals surface area (Å²) in [5.41, 5.74) is 0.458. The molecule has 116 valence electrons. The zero-order valence-corrected chi connectivity index (χ0v) is 13.3. The normalized spacial score (nSPS) is 20.4. The van der Waals surface area contributed by atoms with Crippen molar-refractivity contribution >= 4 is 29.3 Å². The number of aromatic nitrogens is 2. The van der Waals surface area contributed by atoms with Crippen molar-refractivity contribution in [1.82, 2.24) is 9.66 Å². The molecule has 0 saturated heterocycles. The Kier molecular flexibility index (Phi) is 3.27. The number of para-hydroxylation sites is 1. The zero-order chi connectivity index (χ0) is 16.0. The van der Waals surface area contributed by atoms with Gasteiger partial charge in [0.1, 0.15) is 11.5 Å². The second-order valence-corrected chi connectivity index (χ2v) is 6.28. The summed E-state index contributed by atoms with van der Waals surface area (Å²) in [5.74, 6) is 2.80. The molecule has 2 aromatic heterocycles. The molecule has 1 N–H and O–H groups in total. The minimum absolute atomic E-state index is 0.247. The number of fused-ring (bicyclic) bond motifs is 1. The number of nitrogens with zero attached hydrogens (tertiary/aromatic N) is 2. The van der Waals surface area contributed by atoms with Crippen LogP contribution in [0.2, 0.25) is 0 Å². The summed E-state index contributed by atoms with van der Waals surface area (Å²) >= 11 is 5.22. The molecule has 0 bridgehead atoms. The Hall–Kier alpha value is -2.47. The van der Waals surface area contributed by atoms with Gasteiger partial charge in [0.05, 0.1) is 17.1 Å². The number of aromatic amines is 1. The number of hydrogen-bond acceptors (Lipinski definition) is 4. The molecule has 2 heterocycles. The van der Waals surface area contributed by atoms with E-state index in [0.717, 1.165) is 5.76 Å². The van der Waals surface area contributed by atoms with E-state index in [1.807, 2.05) is 30.3 Å². The van der Waals surface area contributed by atoms with E-state index >= 15 is 0 Å². The number of hydrogen-bond donors (Lipinski definition) is 1. The minimum atomic E-state index is -0.247. The van der Waals surface area contributed by atoms with Crippen molar-refractivity contribution in [2.45, 2.75) is 19.3 Å². The van der Waals surface area contributed by atoms with E-state index in [9.17, 15) is 4.79 Å². The molecule has 1 saturated carbocycles. The fourth-order valence-corrected chi connectivity index (χ4v) is 2.97. The molecule has 1 aliphatic rings. The van der Waals surface area contributed by atoms with Crippen molar-refractivity contribution in [2.75, 3.05) is 0 Å². The Balaban J connectivity index is 1.71. The van der Waals surface area contributed by atoms with Crippen LogP contribution in [0.4, 0.5) is 0 Å². The topological polar surface area (TPSA) is 63.3 Å². The van der Waals surface area contributed by atoms with Crippen LogP contribution in [-0.2, 0) is 0 Å². The quantitative estimate of drug-likeness (QED) is 0.590. The molecule has 1 aromatic carbocycles. The van der Waals surface area contributed by atoms with Gasteiger partial charge < -0.3 is 9.40 Å². The fraction of sp³-hybridized carbons (Fsp3) is 0.235. The van der Waals surface area contributed by atoms with Gasteiger partial charge in [0.15, 0.2) is 0 Å². The molecule has 0 unspecified atom stereocenters. The molecule has 3 aromatic rings. The van der Waals surface area contributed by atoms with Gasteiger partial charge in [0, 0.05) is 5.92 Å². The first-order valence-corrected chi connectivity index (χ1v) is 7.92. The summed E-state index contributed by atoms with van der Waals surface area (Å²) in [5, 5.41) is 4.73. The zero-order valence-electron chi connectivity index (χ0n) is 12.5. The highest BCUT2D eigenvalue weighted by atomic mass is 32.1. The third kappa shape index (κ3) is 2.55. The molecule has 1 fully saturated rings. The molecule has 1 aliphatic carbocycles. The third-order valence-corrected chi connectivity index (χ3v) is 4.48. The molecule has 4 rings (SSSR count). The number of rotatable bonds is 3. The maximum Gasteiger partial charge on any atom is 0.282 e.